The van der Waals surface area contributed by atoms with Crippen LogP contribution >= 0.6 is 0 Å². The molecule has 0 atom stereocenters. The molecule has 100 valence electrons. The lowest BCUT2D eigenvalue weighted by atomic mass is 9.82. The summed E-state index contributed by atoms with van der Waals surface area (Å²) < 4.78 is 0. The van der Waals surface area contributed by atoms with Gasteiger partial charge in [0.25, 0.3) is 0 Å². The predicted molar refractivity (Wildman–Crippen MR) is 75.4 cm³/mol. The van der Waals surface area contributed by atoms with Gasteiger partial charge in [-0.1, -0.05) is 30.3 Å². The van der Waals surface area contributed by atoms with Crippen molar-refractivity contribution in [1.29, 1.82) is 0 Å². The minimum absolute atomic E-state index is 0.0344. The highest BCUT2D eigenvalue weighted by molar-refractivity contribution is 5.87. The molecule has 3 N–H and O–H groups in total. The van der Waals surface area contributed by atoms with E-state index in [9.17, 15) is 4.79 Å². The molecule has 0 heterocycles. The first-order chi connectivity index (χ1) is 8.29. The monoisotopic (exact) mass is 248 g/mol. The third kappa shape index (κ3) is 3.57. The molecule has 0 fully saturated rings. The molecule has 0 aliphatic heterocycles. The highest BCUT2D eigenvalue weighted by Crippen LogP contribution is 2.24. The minimum Gasteiger partial charge on any atom is -0.350 e. The molecule has 3 heteroatoms. The first-order valence-corrected chi connectivity index (χ1v) is 6.38. The van der Waals surface area contributed by atoms with E-state index in [1.165, 1.54) is 0 Å². The molecule has 3 nitrogen and oxygen atoms in total. The summed E-state index contributed by atoms with van der Waals surface area (Å²) in [6, 6.07) is 9.83. The maximum Gasteiger partial charge on any atom is 0.230 e. The summed E-state index contributed by atoms with van der Waals surface area (Å²) in [6.07, 6.45) is 0.767. The Kier molecular flexibility index (Phi) is 4.52. The quantitative estimate of drug-likeness (QED) is 0.839. The number of nitrogens with two attached hydrogens (primary N) is 1. The van der Waals surface area contributed by atoms with Crippen LogP contribution in [0, 0.1) is 0 Å². The smallest absolute Gasteiger partial charge is 0.230 e. The van der Waals surface area contributed by atoms with Gasteiger partial charge >= 0.3 is 0 Å². The molecule has 0 aromatic heterocycles. The van der Waals surface area contributed by atoms with Crippen LogP contribution in [0.4, 0.5) is 0 Å². The number of amides is 1. The van der Waals surface area contributed by atoms with Crippen LogP contribution < -0.4 is 11.1 Å². The Bertz CT molecular complexity index is 396. The molecular weight excluding hydrogens is 224 g/mol. The Morgan fingerprint density at radius 2 is 1.72 bits per heavy atom. The van der Waals surface area contributed by atoms with E-state index in [-0.39, 0.29) is 11.4 Å². The van der Waals surface area contributed by atoms with Gasteiger partial charge in [-0.2, -0.15) is 0 Å². The van der Waals surface area contributed by atoms with Crippen molar-refractivity contribution in [2.45, 2.75) is 45.1 Å². The van der Waals surface area contributed by atoms with Gasteiger partial charge in [-0.05, 0) is 46.2 Å². The van der Waals surface area contributed by atoms with E-state index in [1.807, 2.05) is 58.0 Å². The number of rotatable bonds is 5. The summed E-state index contributed by atoms with van der Waals surface area (Å²) in [5, 5.41) is 3.08. The lowest BCUT2D eigenvalue weighted by Crippen LogP contribution is -2.51. The van der Waals surface area contributed by atoms with Crippen LogP contribution in [0.1, 0.15) is 39.7 Å². The summed E-state index contributed by atoms with van der Waals surface area (Å²) in [6.45, 7) is 8.45. The second-order valence-electron chi connectivity index (χ2n) is 5.87. The van der Waals surface area contributed by atoms with Crippen molar-refractivity contribution in [3.05, 3.63) is 35.9 Å². The van der Waals surface area contributed by atoms with Gasteiger partial charge in [0.2, 0.25) is 5.91 Å². The van der Waals surface area contributed by atoms with E-state index in [4.69, 9.17) is 5.73 Å². The number of hydrogen-bond acceptors (Lipinski definition) is 2. The Hall–Kier alpha value is -1.35. The number of carbonyl (C=O) groups is 1. The maximum absolute atomic E-state index is 12.4. The predicted octanol–water partition coefficient (Wildman–Crippen LogP) is 2.21. The summed E-state index contributed by atoms with van der Waals surface area (Å²) in [4.78, 5) is 12.4. The fraction of sp³-hybridized carbons (Fsp3) is 0.533. The highest BCUT2D eigenvalue weighted by Gasteiger charge is 2.32. The largest absolute Gasteiger partial charge is 0.350 e. The Balaban J connectivity index is 2.83. The zero-order chi connectivity index (χ0) is 13.8. The average Bonchev–Trinajstić information content (AvgIpc) is 2.29. The summed E-state index contributed by atoms with van der Waals surface area (Å²) in [5.74, 6) is 0.0344. The fourth-order valence-electron chi connectivity index (χ4n) is 1.87. The lowest BCUT2D eigenvalue weighted by Gasteiger charge is -2.32. The number of nitrogens with one attached hydrogen (secondary N) is 1. The van der Waals surface area contributed by atoms with Gasteiger partial charge in [0.05, 0.1) is 5.41 Å². The third-order valence-electron chi connectivity index (χ3n) is 3.28. The molecule has 18 heavy (non-hydrogen) atoms. The second-order valence-corrected chi connectivity index (χ2v) is 5.87. The minimum atomic E-state index is -0.535. The van der Waals surface area contributed by atoms with Crippen molar-refractivity contribution in [2.75, 3.05) is 6.54 Å². The van der Waals surface area contributed by atoms with Crippen molar-refractivity contribution in [1.82, 2.24) is 5.32 Å². The Labute approximate surface area is 110 Å². The van der Waals surface area contributed by atoms with E-state index < -0.39 is 5.41 Å². The van der Waals surface area contributed by atoms with Gasteiger partial charge in [-0.25, -0.2) is 0 Å². The Morgan fingerprint density at radius 3 is 2.22 bits per heavy atom. The molecule has 0 aliphatic rings. The van der Waals surface area contributed by atoms with Crippen molar-refractivity contribution < 1.29 is 4.79 Å². The zero-order valence-electron chi connectivity index (χ0n) is 11.8. The first kappa shape index (κ1) is 14.7. The molecule has 0 saturated carbocycles. The third-order valence-corrected chi connectivity index (χ3v) is 3.28. The molecule has 0 saturated heterocycles. The molecule has 0 spiro atoms. The van der Waals surface area contributed by atoms with Gasteiger partial charge in [0, 0.05) is 5.54 Å². The lowest BCUT2D eigenvalue weighted by molar-refractivity contribution is -0.127. The van der Waals surface area contributed by atoms with E-state index in [1.54, 1.807) is 0 Å². The van der Waals surface area contributed by atoms with Crippen molar-refractivity contribution >= 4 is 5.91 Å². The molecule has 0 aliphatic carbocycles. The van der Waals surface area contributed by atoms with Crippen molar-refractivity contribution in [3.8, 4) is 0 Å². The summed E-state index contributed by atoms with van der Waals surface area (Å²) in [7, 11) is 0. The normalized spacial score (nSPS) is 12.3. The second kappa shape index (κ2) is 5.53. The molecule has 1 aromatic carbocycles. The molecular formula is C15H24N2O. The molecule has 0 unspecified atom stereocenters. The SMILES string of the molecule is CC(C)(CCN)NC(=O)C(C)(C)c1ccccc1. The van der Waals surface area contributed by atoms with E-state index >= 15 is 0 Å². The van der Waals surface area contributed by atoms with E-state index in [0.29, 0.717) is 6.54 Å². The van der Waals surface area contributed by atoms with Crippen molar-refractivity contribution in [2.24, 2.45) is 5.73 Å². The molecule has 0 bridgehead atoms. The van der Waals surface area contributed by atoms with Crippen LogP contribution in [-0.4, -0.2) is 18.0 Å². The standard InChI is InChI=1S/C15H24N2O/c1-14(2,10-11-16)17-13(18)15(3,4)12-8-6-5-7-9-12/h5-9H,10-11,16H2,1-4H3,(H,17,18). The van der Waals surface area contributed by atoms with Gasteiger partial charge in [0.1, 0.15) is 0 Å². The number of hydrogen-bond donors (Lipinski definition) is 2. The van der Waals surface area contributed by atoms with Crippen molar-refractivity contribution in [3.63, 3.8) is 0 Å². The first-order valence-electron chi connectivity index (χ1n) is 6.38. The fourth-order valence-corrected chi connectivity index (χ4v) is 1.87. The highest BCUT2D eigenvalue weighted by atomic mass is 16.2. The van der Waals surface area contributed by atoms with E-state index in [2.05, 4.69) is 5.32 Å². The van der Waals surface area contributed by atoms with Crippen LogP contribution in [0.5, 0.6) is 0 Å². The number of carbonyl (C=O) groups excluding carboxylic acids is 1. The van der Waals surface area contributed by atoms with Crippen LogP contribution in [0.2, 0.25) is 0 Å². The van der Waals surface area contributed by atoms with Crippen LogP contribution in [0.15, 0.2) is 30.3 Å². The zero-order valence-corrected chi connectivity index (χ0v) is 11.8. The van der Waals surface area contributed by atoms with Crippen LogP contribution in [0.3, 0.4) is 0 Å². The number of benzene rings is 1. The van der Waals surface area contributed by atoms with Gasteiger partial charge in [-0.15, -0.1) is 0 Å². The van der Waals surface area contributed by atoms with E-state index in [0.717, 1.165) is 12.0 Å². The Morgan fingerprint density at radius 1 is 1.17 bits per heavy atom. The molecule has 0 radical (unpaired) electrons. The average molecular weight is 248 g/mol. The van der Waals surface area contributed by atoms with Gasteiger partial charge < -0.3 is 11.1 Å². The maximum atomic E-state index is 12.4. The van der Waals surface area contributed by atoms with Gasteiger partial charge in [0.15, 0.2) is 0 Å². The van der Waals surface area contributed by atoms with Crippen LogP contribution in [-0.2, 0) is 10.2 Å². The molecule has 1 rings (SSSR count). The summed E-state index contributed by atoms with van der Waals surface area (Å²) in [5.41, 5.74) is 5.78. The molecule has 1 aromatic rings. The van der Waals surface area contributed by atoms with Crippen LogP contribution in [0.25, 0.3) is 0 Å². The van der Waals surface area contributed by atoms with Gasteiger partial charge in [-0.3, -0.25) is 4.79 Å². The molecule has 1 amide bonds. The topological polar surface area (TPSA) is 55.1 Å². The summed E-state index contributed by atoms with van der Waals surface area (Å²) >= 11 is 0.